The summed E-state index contributed by atoms with van der Waals surface area (Å²) in [6.45, 7) is 10.8. The van der Waals surface area contributed by atoms with Crippen molar-refractivity contribution in [2.45, 2.75) is 34.2 Å². The lowest BCUT2D eigenvalue weighted by atomic mass is 9.82. The van der Waals surface area contributed by atoms with Gasteiger partial charge < -0.3 is 11.1 Å². The summed E-state index contributed by atoms with van der Waals surface area (Å²) in [5.41, 5.74) is 9.18. The van der Waals surface area contributed by atoms with Crippen LogP contribution in [0.2, 0.25) is 0 Å². The molecule has 108 valence electrons. The molecule has 0 radical (unpaired) electrons. The van der Waals surface area contributed by atoms with E-state index in [4.69, 9.17) is 5.73 Å². The number of nitrogens with zero attached hydrogens (tertiary/aromatic N) is 1. The maximum Gasteiger partial charge on any atom is 0.0726 e. The number of benzene rings is 1. The largest absolute Gasteiger partial charge is 0.398 e. The molecular weight excluding hydrogens is 246 g/mol. The highest BCUT2D eigenvalue weighted by molar-refractivity contribution is 5.90. The molecule has 1 aromatic heterocycles. The average molecular weight is 271 g/mol. The number of rotatable bonds is 4. The van der Waals surface area contributed by atoms with Crippen molar-refractivity contribution in [3.05, 3.63) is 36.0 Å². The van der Waals surface area contributed by atoms with E-state index in [0.29, 0.717) is 11.3 Å². The van der Waals surface area contributed by atoms with Crippen LogP contribution in [0.5, 0.6) is 0 Å². The third kappa shape index (κ3) is 3.48. The summed E-state index contributed by atoms with van der Waals surface area (Å²) in [6.07, 6.45) is 0. The molecule has 0 aliphatic carbocycles. The van der Waals surface area contributed by atoms with Gasteiger partial charge in [-0.15, -0.1) is 0 Å². The molecule has 1 atom stereocenters. The minimum atomic E-state index is 0.322. The molecule has 20 heavy (non-hydrogen) atoms. The van der Waals surface area contributed by atoms with E-state index >= 15 is 0 Å². The standard InChI is InChI=1S/C17H25N3/c1-12(17(2,3)4)10-19-11-13-9-15(18)14-7-5-6-8-16(14)20-13/h5-9,12,19H,10-11H2,1-4H3,(H2,18,20). The zero-order valence-electron chi connectivity index (χ0n) is 12.9. The van der Waals surface area contributed by atoms with Gasteiger partial charge in [-0.05, 0) is 30.0 Å². The molecule has 0 aliphatic rings. The molecule has 0 saturated carbocycles. The second kappa shape index (κ2) is 5.80. The van der Waals surface area contributed by atoms with E-state index in [9.17, 15) is 0 Å². The van der Waals surface area contributed by atoms with Crippen molar-refractivity contribution in [2.24, 2.45) is 11.3 Å². The fourth-order valence-electron chi connectivity index (χ4n) is 2.07. The Morgan fingerprint density at radius 2 is 1.95 bits per heavy atom. The predicted molar refractivity (Wildman–Crippen MR) is 86.5 cm³/mol. The molecule has 1 aromatic carbocycles. The highest BCUT2D eigenvalue weighted by Gasteiger charge is 2.19. The second-order valence-electron chi connectivity index (χ2n) is 6.62. The Kier molecular flexibility index (Phi) is 4.29. The van der Waals surface area contributed by atoms with Crippen molar-refractivity contribution in [1.29, 1.82) is 0 Å². The lowest BCUT2D eigenvalue weighted by Gasteiger charge is -2.27. The molecule has 3 nitrogen and oxygen atoms in total. The van der Waals surface area contributed by atoms with E-state index in [1.807, 2.05) is 30.3 Å². The molecule has 0 aliphatic heterocycles. The number of nitrogens with two attached hydrogens (primary N) is 1. The molecule has 0 bridgehead atoms. The van der Waals surface area contributed by atoms with Crippen LogP contribution in [0.25, 0.3) is 10.9 Å². The first-order valence-electron chi connectivity index (χ1n) is 7.23. The topological polar surface area (TPSA) is 50.9 Å². The molecule has 0 fully saturated rings. The lowest BCUT2D eigenvalue weighted by Crippen LogP contribution is -2.29. The van der Waals surface area contributed by atoms with Gasteiger partial charge in [0.15, 0.2) is 0 Å². The maximum absolute atomic E-state index is 6.09. The molecule has 0 amide bonds. The minimum absolute atomic E-state index is 0.322. The summed E-state index contributed by atoms with van der Waals surface area (Å²) in [5, 5.41) is 4.51. The van der Waals surface area contributed by atoms with Gasteiger partial charge in [-0.2, -0.15) is 0 Å². The number of hydrogen-bond acceptors (Lipinski definition) is 3. The van der Waals surface area contributed by atoms with E-state index in [1.54, 1.807) is 0 Å². The van der Waals surface area contributed by atoms with Crippen molar-refractivity contribution in [2.75, 3.05) is 12.3 Å². The highest BCUT2D eigenvalue weighted by atomic mass is 14.9. The molecule has 3 N–H and O–H groups in total. The SMILES string of the molecule is CC(CNCc1cc(N)c2ccccc2n1)C(C)(C)C. The minimum Gasteiger partial charge on any atom is -0.398 e. The Hall–Kier alpha value is -1.61. The Balaban J connectivity index is 2.04. The Labute approximate surface area is 121 Å². The highest BCUT2D eigenvalue weighted by Crippen LogP contribution is 2.24. The summed E-state index contributed by atoms with van der Waals surface area (Å²) in [6, 6.07) is 9.97. The van der Waals surface area contributed by atoms with Gasteiger partial charge >= 0.3 is 0 Å². The zero-order chi connectivity index (χ0) is 14.8. The van der Waals surface area contributed by atoms with Gasteiger partial charge in [-0.1, -0.05) is 45.9 Å². The molecule has 1 unspecified atom stereocenters. The van der Waals surface area contributed by atoms with E-state index in [1.165, 1.54) is 0 Å². The smallest absolute Gasteiger partial charge is 0.0726 e. The van der Waals surface area contributed by atoms with Gasteiger partial charge in [-0.3, -0.25) is 4.98 Å². The van der Waals surface area contributed by atoms with Crippen LogP contribution in [-0.2, 0) is 6.54 Å². The third-order valence-corrected chi connectivity index (χ3v) is 4.04. The Bertz CT molecular complexity index is 584. The number of fused-ring (bicyclic) bond motifs is 1. The molecule has 2 rings (SSSR count). The molecule has 2 aromatic rings. The van der Waals surface area contributed by atoms with Gasteiger partial charge in [0.25, 0.3) is 0 Å². The number of pyridine rings is 1. The van der Waals surface area contributed by atoms with Crippen molar-refractivity contribution in [1.82, 2.24) is 10.3 Å². The summed E-state index contributed by atoms with van der Waals surface area (Å²) in [4.78, 5) is 4.65. The number of nitrogen functional groups attached to an aromatic ring is 1. The number of aromatic nitrogens is 1. The predicted octanol–water partition coefficient (Wildman–Crippen LogP) is 3.59. The zero-order valence-corrected chi connectivity index (χ0v) is 12.9. The van der Waals surface area contributed by atoms with E-state index in [2.05, 4.69) is 38.0 Å². The number of para-hydroxylation sites is 1. The molecule has 1 heterocycles. The molecule has 0 spiro atoms. The van der Waals surface area contributed by atoms with Gasteiger partial charge in [0.2, 0.25) is 0 Å². The number of anilines is 1. The molecule has 3 heteroatoms. The van der Waals surface area contributed by atoms with Crippen LogP contribution in [0.3, 0.4) is 0 Å². The van der Waals surface area contributed by atoms with Gasteiger partial charge in [0.05, 0.1) is 11.2 Å². The third-order valence-electron chi connectivity index (χ3n) is 4.04. The summed E-state index contributed by atoms with van der Waals surface area (Å²) in [7, 11) is 0. The summed E-state index contributed by atoms with van der Waals surface area (Å²) < 4.78 is 0. The first kappa shape index (κ1) is 14.8. The van der Waals surface area contributed by atoms with Crippen LogP contribution in [-0.4, -0.2) is 11.5 Å². The van der Waals surface area contributed by atoms with Gasteiger partial charge in [0.1, 0.15) is 0 Å². The van der Waals surface area contributed by atoms with E-state index in [-0.39, 0.29) is 0 Å². The van der Waals surface area contributed by atoms with Crippen LogP contribution in [0, 0.1) is 11.3 Å². The molecule has 0 saturated heterocycles. The fraction of sp³-hybridized carbons (Fsp3) is 0.471. The summed E-state index contributed by atoms with van der Waals surface area (Å²) >= 11 is 0. The second-order valence-corrected chi connectivity index (χ2v) is 6.62. The number of nitrogens with one attached hydrogen (secondary N) is 1. The van der Waals surface area contributed by atoms with Crippen LogP contribution in [0.1, 0.15) is 33.4 Å². The van der Waals surface area contributed by atoms with Gasteiger partial charge in [0, 0.05) is 17.6 Å². The van der Waals surface area contributed by atoms with Crippen molar-refractivity contribution < 1.29 is 0 Å². The van der Waals surface area contributed by atoms with E-state index in [0.717, 1.165) is 35.4 Å². The van der Waals surface area contributed by atoms with Gasteiger partial charge in [-0.25, -0.2) is 0 Å². The number of hydrogen-bond donors (Lipinski definition) is 2. The maximum atomic E-state index is 6.09. The normalized spacial score (nSPS) is 13.6. The van der Waals surface area contributed by atoms with Crippen molar-refractivity contribution >= 4 is 16.6 Å². The van der Waals surface area contributed by atoms with Crippen LogP contribution < -0.4 is 11.1 Å². The quantitative estimate of drug-likeness (QED) is 0.893. The lowest BCUT2D eigenvalue weighted by molar-refractivity contribution is 0.252. The Morgan fingerprint density at radius 3 is 2.65 bits per heavy atom. The van der Waals surface area contributed by atoms with Crippen molar-refractivity contribution in [3.8, 4) is 0 Å². The average Bonchev–Trinajstić information content (AvgIpc) is 2.37. The fourth-order valence-corrected chi connectivity index (χ4v) is 2.07. The van der Waals surface area contributed by atoms with E-state index < -0.39 is 0 Å². The summed E-state index contributed by atoms with van der Waals surface area (Å²) in [5.74, 6) is 0.611. The molecular formula is C17H25N3. The van der Waals surface area contributed by atoms with Crippen LogP contribution in [0.4, 0.5) is 5.69 Å². The van der Waals surface area contributed by atoms with Crippen molar-refractivity contribution in [3.63, 3.8) is 0 Å². The van der Waals surface area contributed by atoms with Crippen LogP contribution >= 0.6 is 0 Å². The monoisotopic (exact) mass is 271 g/mol. The Morgan fingerprint density at radius 1 is 1.25 bits per heavy atom. The first-order chi connectivity index (χ1) is 9.38. The first-order valence-corrected chi connectivity index (χ1v) is 7.23. The van der Waals surface area contributed by atoms with Crippen LogP contribution in [0.15, 0.2) is 30.3 Å².